The zero-order valence-corrected chi connectivity index (χ0v) is 16.0. The highest BCUT2D eigenvalue weighted by molar-refractivity contribution is 5.96. The molecule has 2 atom stereocenters. The van der Waals surface area contributed by atoms with Crippen LogP contribution in [0.25, 0.3) is 0 Å². The number of carbonyl (C=O) groups is 2. The molecule has 7 nitrogen and oxygen atoms in total. The first kappa shape index (κ1) is 20.8. The topological polar surface area (TPSA) is 107 Å². The second kappa shape index (κ2) is 9.54. The number of ether oxygens (including phenoxy) is 1. The number of benzene rings is 2. The van der Waals surface area contributed by atoms with Crippen LogP contribution in [0.3, 0.4) is 0 Å². The van der Waals surface area contributed by atoms with Crippen molar-refractivity contribution in [3.63, 3.8) is 0 Å². The largest absolute Gasteiger partial charge is 0.507 e. The van der Waals surface area contributed by atoms with Gasteiger partial charge in [0.2, 0.25) is 0 Å². The Hall–Kier alpha value is -2.90. The highest BCUT2D eigenvalue weighted by Crippen LogP contribution is 2.28. The summed E-state index contributed by atoms with van der Waals surface area (Å²) < 4.78 is 5.79. The second-order valence-electron chi connectivity index (χ2n) is 7.05. The maximum Gasteiger partial charge on any atom is 0.254 e. The lowest BCUT2D eigenvalue weighted by molar-refractivity contribution is 0.0513. The number of nitrogens with zero attached hydrogens (tertiary/aromatic N) is 1. The van der Waals surface area contributed by atoms with Gasteiger partial charge >= 0.3 is 0 Å². The summed E-state index contributed by atoms with van der Waals surface area (Å²) >= 11 is 0. The zero-order chi connectivity index (χ0) is 20.8. The Labute approximate surface area is 169 Å². The van der Waals surface area contributed by atoms with E-state index < -0.39 is 12.7 Å². The fourth-order valence-electron chi connectivity index (χ4n) is 3.64. The Balaban J connectivity index is 1.79. The molecule has 1 aliphatic rings. The predicted molar refractivity (Wildman–Crippen MR) is 106 cm³/mol. The van der Waals surface area contributed by atoms with Crippen molar-refractivity contribution in [2.75, 3.05) is 19.8 Å². The smallest absolute Gasteiger partial charge is 0.254 e. The van der Waals surface area contributed by atoms with E-state index in [2.05, 4.69) is 0 Å². The molecule has 1 heterocycles. The Morgan fingerprint density at radius 1 is 1.21 bits per heavy atom. The first-order valence-corrected chi connectivity index (χ1v) is 9.65. The van der Waals surface area contributed by atoms with E-state index in [0.29, 0.717) is 24.0 Å². The number of hydrogen-bond donors (Lipinski definition) is 3. The fourth-order valence-corrected chi connectivity index (χ4v) is 3.64. The minimum absolute atomic E-state index is 0.0811. The molecular weight excluding hydrogens is 374 g/mol. The molecule has 1 amide bonds. The fraction of sp³-hybridized carbons (Fsp3) is 0.364. The van der Waals surface area contributed by atoms with E-state index in [9.17, 15) is 24.9 Å². The summed E-state index contributed by atoms with van der Waals surface area (Å²) in [5.41, 5.74) is 0.825. The van der Waals surface area contributed by atoms with Crippen molar-refractivity contribution in [2.45, 2.75) is 31.4 Å². The third kappa shape index (κ3) is 4.58. The van der Waals surface area contributed by atoms with Crippen LogP contribution in [0.5, 0.6) is 11.5 Å². The summed E-state index contributed by atoms with van der Waals surface area (Å²) in [6.45, 7) is 0.264. The number of rotatable bonds is 7. The molecule has 0 aliphatic carbocycles. The number of aliphatic hydroxyl groups excluding tert-OH is 2. The van der Waals surface area contributed by atoms with Crippen LogP contribution in [-0.2, 0) is 0 Å². The van der Waals surface area contributed by atoms with Gasteiger partial charge in [0.15, 0.2) is 6.29 Å². The number of aromatic hydroxyl groups is 1. The summed E-state index contributed by atoms with van der Waals surface area (Å²) in [6, 6.07) is 11.1. The molecule has 3 rings (SSSR count). The third-order valence-corrected chi connectivity index (χ3v) is 5.20. The molecule has 0 radical (unpaired) electrons. The summed E-state index contributed by atoms with van der Waals surface area (Å²) in [7, 11) is 0. The molecule has 0 aromatic heterocycles. The number of hydrogen-bond acceptors (Lipinski definition) is 6. The average molecular weight is 399 g/mol. The van der Waals surface area contributed by atoms with Gasteiger partial charge in [0.05, 0.1) is 18.2 Å². The zero-order valence-electron chi connectivity index (χ0n) is 16.0. The van der Waals surface area contributed by atoms with Gasteiger partial charge in [-0.2, -0.15) is 0 Å². The van der Waals surface area contributed by atoms with Gasteiger partial charge in [0.1, 0.15) is 24.2 Å². The van der Waals surface area contributed by atoms with Crippen molar-refractivity contribution in [2.24, 2.45) is 0 Å². The first-order valence-electron chi connectivity index (χ1n) is 9.65. The van der Waals surface area contributed by atoms with E-state index in [1.54, 1.807) is 41.3 Å². The SMILES string of the molecule is O=Cc1c(O)cccc1OC[C@H]1CCCCN1C(=O)c1ccccc1[C@@H](O)CO. The number of aldehydes is 1. The van der Waals surface area contributed by atoms with E-state index in [-0.39, 0.29) is 35.6 Å². The molecule has 1 fully saturated rings. The van der Waals surface area contributed by atoms with Crippen LogP contribution in [0, 0.1) is 0 Å². The van der Waals surface area contributed by atoms with E-state index in [0.717, 1.165) is 19.3 Å². The van der Waals surface area contributed by atoms with Gasteiger partial charge in [-0.15, -0.1) is 0 Å². The molecule has 154 valence electrons. The maximum atomic E-state index is 13.2. The van der Waals surface area contributed by atoms with Crippen LogP contribution >= 0.6 is 0 Å². The summed E-state index contributed by atoms with van der Waals surface area (Å²) in [5, 5.41) is 29.2. The van der Waals surface area contributed by atoms with Gasteiger partial charge in [-0.1, -0.05) is 24.3 Å². The van der Waals surface area contributed by atoms with Crippen LogP contribution in [0.2, 0.25) is 0 Å². The van der Waals surface area contributed by atoms with Crippen LogP contribution in [0.1, 0.15) is 51.6 Å². The molecule has 3 N–H and O–H groups in total. The van der Waals surface area contributed by atoms with Crippen molar-refractivity contribution < 1.29 is 29.6 Å². The summed E-state index contributed by atoms with van der Waals surface area (Å²) in [5.74, 6) is -0.108. The van der Waals surface area contributed by atoms with E-state index >= 15 is 0 Å². The molecule has 1 aliphatic heterocycles. The quantitative estimate of drug-likeness (QED) is 0.617. The van der Waals surface area contributed by atoms with E-state index in [4.69, 9.17) is 4.74 Å². The summed E-state index contributed by atoms with van der Waals surface area (Å²) in [6.07, 6.45) is 1.96. The molecule has 0 bridgehead atoms. The highest BCUT2D eigenvalue weighted by Gasteiger charge is 2.30. The molecule has 2 aromatic rings. The van der Waals surface area contributed by atoms with Gasteiger partial charge in [-0.05, 0) is 43.0 Å². The monoisotopic (exact) mass is 399 g/mol. The standard InChI is InChI=1S/C22H25NO6/c24-12-18-19(26)9-5-10-21(18)29-14-15-6-3-4-11-23(15)22(28)17-8-2-1-7-16(17)20(27)13-25/h1-2,5,7-10,12,15,20,25-27H,3-4,6,11,13-14H2/t15-,20+/m1/s1. The van der Waals surface area contributed by atoms with Crippen molar-refractivity contribution in [1.29, 1.82) is 0 Å². The number of aliphatic hydroxyl groups is 2. The Bertz CT molecular complexity index is 868. The predicted octanol–water partition coefficient (Wildman–Crippen LogP) is 2.30. The van der Waals surface area contributed by atoms with E-state index in [1.165, 1.54) is 6.07 Å². The van der Waals surface area contributed by atoms with Crippen molar-refractivity contribution in [1.82, 2.24) is 4.90 Å². The molecule has 1 saturated heterocycles. The molecule has 0 unspecified atom stereocenters. The Morgan fingerprint density at radius 3 is 2.76 bits per heavy atom. The molecule has 2 aromatic carbocycles. The molecule has 0 saturated carbocycles. The number of amides is 1. The lowest BCUT2D eigenvalue weighted by Crippen LogP contribution is -2.47. The number of likely N-dealkylation sites (tertiary alicyclic amines) is 1. The normalized spacial score (nSPS) is 17.6. The Morgan fingerprint density at radius 2 is 2.00 bits per heavy atom. The minimum Gasteiger partial charge on any atom is -0.507 e. The summed E-state index contributed by atoms with van der Waals surface area (Å²) in [4.78, 5) is 26.2. The molecule has 0 spiro atoms. The number of piperidine rings is 1. The third-order valence-electron chi connectivity index (χ3n) is 5.20. The lowest BCUT2D eigenvalue weighted by Gasteiger charge is -2.36. The van der Waals surface area contributed by atoms with Gasteiger partial charge < -0.3 is 25.0 Å². The van der Waals surface area contributed by atoms with Crippen molar-refractivity contribution in [3.05, 3.63) is 59.2 Å². The number of carbonyl (C=O) groups excluding carboxylic acids is 2. The van der Waals surface area contributed by atoms with Crippen LogP contribution in [-0.4, -0.2) is 58.2 Å². The number of phenols is 1. The second-order valence-corrected chi connectivity index (χ2v) is 7.05. The minimum atomic E-state index is -1.13. The molecule has 7 heteroatoms. The van der Waals surface area contributed by atoms with Crippen LogP contribution < -0.4 is 4.74 Å². The Kier molecular flexibility index (Phi) is 6.85. The van der Waals surface area contributed by atoms with Gasteiger partial charge in [-0.3, -0.25) is 9.59 Å². The molecular formula is C22H25NO6. The van der Waals surface area contributed by atoms with Gasteiger partial charge in [-0.25, -0.2) is 0 Å². The average Bonchev–Trinajstić information content (AvgIpc) is 2.77. The highest BCUT2D eigenvalue weighted by atomic mass is 16.5. The van der Waals surface area contributed by atoms with Crippen LogP contribution in [0.15, 0.2) is 42.5 Å². The van der Waals surface area contributed by atoms with Crippen molar-refractivity contribution in [3.8, 4) is 11.5 Å². The molecule has 29 heavy (non-hydrogen) atoms. The van der Waals surface area contributed by atoms with Crippen molar-refractivity contribution >= 4 is 12.2 Å². The van der Waals surface area contributed by atoms with Crippen LogP contribution in [0.4, 0.5) is 0 Å². The van der Waals surface area contributed by atoms with Gasteiger partial charge in [0.25, 0.3) is 5.91 Å². The lowest BCUT2D eigenvalue weighted by atomic mass is 9.97. The van der Waals surface area contributed by atoms with Gasteiger partial charge in [0, 0.05) is 12.1 Å². The van der Waals surface area contributed by atoms with E-state index in [1.807, 2.05) is 0 Å². The maximum absolute atomic E-state index is 13.2. The first-order chi connectivity index (χ1) is 14.1. The number of phenolic OH excluding ortho intramolecular Hbond substituents is 1.